The molecule has 12 heavy (non-hydrogen) atoms. The van der Waals surface area contributed by atoms with E-state index in [1.54, 1.807) is 0 Å². The summed E-state index contributed by atoms with van der Waals surface area (Å²) in [4.78, 5) is 31.7. The van der Waals surface area contributed by atoms with E-state index in [1.165, 1.54) is 12.3 Å². The number of hydrogen-bond donors (Lipinski definition) is 1. The van der Waals surface area contributed by atoms with Crippen LogP contribution in [0.2, 0.25) is 0 Å². The molecule has 0 saturated carbocycles. The molecule has 0 atom stereocenters. The van der Waals surface area contributed by atoms with Crippen molar-refractivity contribution >= 4 is 18.7 Å². The third-order valence-corrected chi connectivity index (χ3v) is 1.19. The molecule has 0 aliphatic carbocycles. The van der Waals surface area contributed by atoms with Gasteiger partial charge in [0.2, 0.25) is 12.8 Å². The van der Waals surface area contributed by atoms with Crippen LogP contribution in [0.25, 0.3) is 0 Å². The van der Waals surface area contributed by atoms with Crippen molar-refractivity contribution in [2.45, 2.75) is 0 Å². The highest BCUT2D eigenvalue weighted by atomic mass is 16.2. The van der Waals surface area contributed by atoms with Gasteiger partial charge in [0.15, 0.2) is 0 Å². The molecule has 3 amide bonds. The lowest BCUT2D eigenvalue weighted by molar-refractivity contribution is -0.126. The number of rotatable bonds is 3. The van der Waals surface area contributed by atoms with E-state index in [4.69, 9.17) is 0 Å². The molecule has 1 heterocycles. The van der Waals surface area contributed by atoms with E-state index in [1.807, 2.05) is 0 Å². The summed E-state index contributed by atoms with van der Waals surface area (Å²) in [5, 5.41) is 5.82. The van der Waals surface area contributed by atoms with Crippen molar-refractivity contribution in [3.63, 3.8) is 0 Å². The fraction of sp³-hybridized carbons (Fsp3) is 0. The average molecular weight is 167 g/mol. The van der Waals surface area contributed by atoms with Gasteiger partial charge in [-0.1, -0.05) is 0 Å². The second-order valence-electron chi connectivity index (χ2n) is 1.89. The zero-order chi connectivity index (χ0) is 8.97. The molecule has 0 aliphatic rings. The van der Waals surface area contributed by atoms with E-state index in [2.05, 4.69) is 10.2 Å². The van der Waals surface area contributed by atoms with E-state index < -0.39 is 5.91 Å². The monoisotopic (exact) mass is 167 g/mol. The molecule has 0 fully saturated rings. The van der Waals surface area contributed by atoms with Gasteiger partial charge in [-0.3, -0.25) is 19.5 Å². The quantitative estimate of drug-likeness (QED) is 0.595. The number of aromatic nitrogens is 2. The summed E-state index contributed by atoms with van der Waals surface area (Å²) in [5.74, 6) is -0.725. The summed E-state index contributed by atoms with van der Waals surface area (Å²) in [6.45, 7) is 0. The first-order chi connectivity index (χ1) is 5.79. The molecule has 0 radical (unpaired) electrons. The Morgan fingerprint density at radius 1 is 1.50 bits per heavy atom. The Balaban J connectivity index is 2.84. The largest absolute Gasteiger partial charge is 0.284 e. The van der Waals surface area contributed by atoms with Crippen molar-refractivity contribution in [3.8, 4) is 0 Å². The molecule has 6 heteroatoms. The lowest BCUT2D eigenvalue weighted by Gasteiger charge is -2.02. The Bertz CT molecular complexity index is 285. The van der Waals surface area contributed by atoms with Gasteiger partial charge in [-0.05, 0) is 6.07 Å². The number of carbonyl (C=O) groups excluding carboxylic acids is 3. The molecule has 0 unspecified atom stereocenters. The summed E-state index contributed by atoms with van der Waals surface area (Å²) in [5.41, 5.74) is 0.0919. The Morgan fingerprint density at radius 2 is 2.17 bits per heavy atom. The molecule has 1 N–H and O–H groups in total. The Labute approximate surface area is 67.2 Å². The fourth-order valence-electron chi connectivity index (χ4n) is 0.635. The first-order valence-corrected chi connectivity index (χ1v) is 3.02. The maximum atomic E-state index is 11.1. The highest BCUT2D eigenvalue weighted by Gasteiger charge is 2.14. The minimum atomic E-state index is -0.725. The SMILES string of the molecule is O=CN(C=O)C(=O)c1ccn[nH]1. The molecule has 0 aromatic carbocycles. The predicted molar refractivity (Wildman–Crippen MR) is 36.9 cm³/mol. The van der Waals surface area contributed by atoms with E-state index in [-0.39, 0.29) is 18.5 Å². The summed E-state index contributed by atoms with van der Waals surface area (Å²) in [6, 6.07) is 1.36. The molecule has 0 aliphatic heterocycles. The highest BCUT2D eigenvalue weighted by molar-refractivity contribution is 6.05. The van der Waals surface area contributed by atoms with Crippen molar-refractivity contribution in [1.82, 2.24) is 15.1 Å². The number of H-pyrrole nitrogens is 1. The normalized spacial score (nSPS) is 9.00. The third-order valence-electron chi connectivity index (χ3n) is 1.19. The Kier molecular flexibility index (Phi) is 2.32. The highest BCUT2D eigenvalue weighted by Crippen LogP contribution is 1.95. The number of nitrogens with zero attached hydrogens (tertiary/aromatic N) is 2. The molecule has 0 saturated heterocycles. The number of hydrogen-bond acceptors (Lipinski definition) is 4. The molecule has 62 valence electrons. The van der Waals surface area contributed by atoms with Gasteiger partial charge in [-0.15, -0.1) is 0 Å². The zero-order valence-electron chi connectivity index (χ0n) is 5.93. The minimum absolute atomic E-state index is 0.0919. The van der Waals surface area contributed by atoms with Crippen LogP contribution < -0.4 is 0 Å². The average Bonchev–Trinajstić information content (AvgIpc) is 2.58. The van der Waals surface area contributed by atoms with Gasteiger partial charge in [0, 0.05) is 6.20 Å². The maximum Gasteiger partial charge on any atom is 0.284 e. The van der Waals surface area contributed by atoms with Crippen LogP contribution in [0.4, 0.5) is 0 Å². The van der Waals surface area contributed by atoms with Gasteiger partial charge in [0.1, 0.15) is 5.69 Å². The van der Waals surface area contributed by atoms with Gasteiger partial charge < -0.3 is 0 Å². The van der Waals surface area contributed by atoms with Gasteiger partial charge in [0.25, 0.3) is 5.91 Å². The second-order valence-corrected chi connectivity index (χ2v) is 1.89. The minimum Gasteiger partial charge on any atom is -0.278 e. The molecular weight excluding hydrogens is 162 g/mol. The van der Waals surface area contributed by atoms with Crippen LogP contribution in [0, 0.1) is 0 Å². The van der Waals surface area contributed by atoms with Gasteiger partial charge in [0.05, 0.1) is 0 Å². The first-order valence-electron chi connectivity index (χ1n) is 3.02. The number of amides is 3. The molecule has 0 bridgehead atoms. The summed E-state index contributed by atoms with van der Waals surface area (Å²) in [7, 11) is 0. The summed E-state index contributed by atoms with van der Waals surface area (Å²) >= 11 is 0. The van der Waals surface area contributed by atoms with Crippen molar-refractivity contribution < 1.29 is 14.4 Å². The number of aromatic amines is 1. The van der Waals surface area contributed by atoms with Gasteiger partial charge in [-0.25, -0.2) is 4.90 Å². The molecule has 0 spiro atoms. The topological polar surface area (TPSA) is 83.1 Å². The second kappa shape index (κ2) is 3.42. The molecular formula is C6H5N3O3. The summed E-state index contributed by atoms with van der Waals surface area (Å²) < 4.78 is 0. The van der Waals surface area contributed by atoms with Gasteiger partial charge in [-0.2, -0.15) is 5.10 Å². The molecule has 1 rings (SSSR count). The van der Waals surface area contributed by atoms with Crippen LogP contribution in [0.1, 0.15) is 10.5 Å². The van der Waals surface area contributed by atoms with E-state index >= 15 is 0 Å². The zero-order valence-corrected chi connectivity index (χ0v) is 5.93. The lowest BCUT2D eigenvalue weighted by Crippen LogP contribution is -2.28. The van der Waals surface area contributed by atoms with Crippen LogP contribution in [0.3, 0.4) is 0 Å². The van der Waals surface area contributed by atoms with Crippen LogP contribution in [-0.2, 0) is 9.59 Å². The smallest absolute Gasteiger partial charge is 0.278 e. The Hall–Kier alpha value is -1.98. The molecule has 6 nitrogen and oxygen atoms in total. The van der Waals surface area contributed by atoms with Crippen LogP contribution in [-0.4, -0.2) is 33.8 Å². The predicted octanol–water partition coefficient (Wildman–Crippen LogP) is -0.835. The van der Waals surface area contributed by atoms with E-state index in [0.717, 1.165) is 0 Å². The fourth-order valence-corrected chi connectivity index (χ4v) is 0.635. The van der Waals surface area contributed by atoms with E-state index in [0.29, 0.717) is 4.90 Å². The van der Waals surface area contributed by atoms with Crippen LogP contribution >= 0.6 is 0 Å². The molecule has 1 aromatic heterocycles. The van der Waals surface area contributed by atoms with Crippen molar-refractivity contribution in [2.24, 2.45) is 0 Å². The van der Waals surface area contributed by atoms with Crippen LogP contribution in [0.15, 0.2) is 12.3 Å². The lowest BCUT2D eigenvalue weighted by atomic mass is 10.4. The van der Waals surface area contributed by atoms with Crippen molar-refractivity contribution in [1.29, 1.82) is 0 Å². The third kappa shape index (κ3) is 1.36. The standard InChI is InChI=1S/C6H5N3O3/c10-3-9(4-11)6(12)5-1-2-7-8-5/h1-4H,(H,7,8). The summed E-state index contributed by atoms with van der Waals surface area (Å²) in [6.07, 6.45) is 1.62. The number of nitrogens with one attached hydrogen (secondary N) is 1. The first kappa shape index (κ1) is 8.12. The molecule has 1 aromatic rings. The van der Waals surface area contributed by atoms with Crippen molar-refractivity contribution in [3.05, 3.63) is 18.0 Å². The van der Waals surface area contributed by atoms with Gasteiger partial charge >= 0.3 is 0 Å². The number of imide groups is 3. The van der Waals surface area contributed by atoms with Crippen molar-refractivity contribution in [2.75, 3.05) is 0 Å². The van der Waals surface area contributed by atoms with E-state index in [9.17, 15) is 14.4 Å². The maximum absolute atomic E-state index is 11.1. The van der Waals surface area contributed by atoms with Crippen LogP contribution in [0.5, 0.6) is 0 Å². The Morgan fingerprint density at radius 3 is 2.58 bits per heavy atom. The number of carbonyl (C=O) groups is 3.